The third-order valence-corrected chi connectivity index (χ3v) is 3.33. The van der Waals surface area contributed by atoms with E-state index in [0.29, 0.717) is 12.1 Å². The van der Waals surface area contributed by atoms with E-state index in [2.05, 4.69) is 10.3 Å². The van der Waals surface area contributed by atoms with Crippen LogP contribution in [0.3, 0.4) is 0 Å². The molecule has 1 aromatic heterocycles. The first-order valence-electron chi connectivity index (χ1n) is 7.00. The lowest BCUT2D eigenvalue weighted by Gasteiger charge is -2.15. The van der Waals surface area contributed by atoms with Crippen LogP contribution in [0.2, 0.25) is 0 Å². The third-order valence-electron chi connectivity index (χ3n) is 3.33. The van der Waals surface area contributed by atoms with Gasteiger partial charge in [0.1, 0.15) is 11.7 Å². The molecule has 1 heterocycles. The molecule has 0 spiro atoms. The summed E-state index contributed by atoms with van der Waals surface area (Å²) in [7, 11) is 0. The SMILES string of the molecule is Cc1ccc2cc(C(=O)N[C@H](CC(C)C)C(=O)O)[nH]c2c1. The molecule has 112 valence electrons. The summed E-state index contributed by atoms with van der Waals surface area (Å²) in [5.74, 6) is -1.21. The van der Waals surface area contributed by atoms with Crippen molar-refractivity contribution in [3.05, 3.63) is 35.5 Å². The number of fused-ring (bicyclic) bond motifs is 1. The van der Waals surface area contributed by atoms with Gasteiger partial charge >= 0.3 is 5.97 Å². The molecule has 0 aliphatic carbocycles. The quantitative estimate of drug-likeness (QED) is 0.791. The highest BCUT2D eigenvalue weighted by Gasteiger charge is 2.22. The number of nitrogens with one attached hydrogen (secondary N) is 2. The number of H-pyrrole nitrogens is 1. The highest BCUT2D eigenvalue weighted by atomic mass is 16.4. The standard InChI is InChI=1S/C16H20N2O3/c1-9(2)6-14(16(20)21)18-15(19)13-8-11-5-4-10(3)7-12(11)17-13/h4-5,7-9,14,17H,6H2,1-3H3,(H,18,19)(H,20,21)/t14-/m1/s1. The van der Waals surface area contributed by atoms with Crippen molar-refractivity contribution in [2.75, 3.05) is 0 Å². The molecule has 0 fully saturated rings. The Labute approximate surface area is 123 Å². The van der Waals surface area contributed by atoms with E-state index in [1.807, 2.05) is 39.0 Å². The fourth-order valence-electron chi connectivity index (χ4n) is 2.29. The second-order valence-corrected chi connectivity index (χ2v) is 5.77. The van der Waals surface area contributed by atoms with Gasteiger partial charge in [0.25, 0.3) is 5.91 Å². The predicted molar refractivity (Wildman–Crippen MR) is 81.4 cm³/mol. The zero-order chi connectivity index (χ0) is 15.6. The van der Waals surface area contributed by atoms with Crippen molar-refractivity contribution in [3.63, 3.8) is 0 Å². The van der Waals surface area contributed by atoms with E-state index in [-0.39, 0.29) is 5.92 Å². The minimum absolute atomic E-state index is 0.191. The van der Waals surface area contributed by atoms with Crippen LogP contribution in [0.15, 0.2) is 24.3 Å². The van der Waals surface area contributed by atoms with Crippen LogP contribution in [-0.2, 0) is 4.79 Å². The highest BCUT2D eigenvalue weighted by Crippen LogP contribution is 2.17. The molecule has 2 aromatic rings. The Morgan fingerprint density at radius 2 is 2.00 bits per heavy atom. The van der Waals surface area contributed by atoms with Crippen molar-refractivity contribution in [1.29, 1.82) is 0 Å². The zero-order valence-corrected chi connectivity index (χ0v) is 12.4. The van der Waals surface area contributed by atoms with Crippen LogP contribution in [0.4, 0.5) is 0 Å². The average molecular weight is 288 g/mol. The van der Waals surface area contributed by atoms with Gasteiger partial charge in [0.05, 0.1) is 0 Å². The molecule has 1 aromatic carbocycles. The number of carbonyl (C=O) groups is 2. The molecule has 2 rings (SSSR count). The lowest BCUT2D eigenvalue weighted by Crippen LogP contribution is -2.41. The Morgan fingerprint density at radius 1 is 1.29 bits per heavy atom. The van der Waals surface area contributed by atoms with Gasteiger partial charge in [-0.05, 0) is 37.0 Å². The number of benzene rings is 1. The Kier molecular flexibility index (Phi) is 4.31. The molecule has 0 bridgehead atoms. The molecule has 5 heteroatoms. The maximum atomic E-state index is 12.2. The number of amides is 1. The minimum atomic E-state index is -1.01. The Balaban J connectivity index is 2.19. The second-order valence-electron chi connectivity index (χ2n) is 5.77. The Hall–Kier alpha value is -2.30. The van der Waals surface area contributed by atoms with Gasteiger partial charge in [0.2, 0.25) is 0 Å². The van der Waals surface area contributed by atoms with Gasteiger partial charge in [-0.3, -0.25) is 4.79 Å². The minimum Gasteiger partial charge on any atom is -0.480 e. The number of carbonyl (C=O) groups excluding carboxylic acids is 1. The number of rotatable bonds is 5. The second kappa shape index (κ2) is 5.99. The number of hydrogen-bond donors (Lipinski definition) is 3. The normalized spacial score (nSPS) is 12.6. The molecule has 21 heavy (non-hydrogen) atoms. The first-order chi connectivity index (χ1) is 9.86. The maximum Gasteiger partial charge on any atom is 0.326 e. The summed E-state index contributed by atoms with van der Waals surface area (Å²) in [6.07, 6.45) is 0.403. The molecule has 1 atom stereocenters. The number of aromatic nitrogens is 1. The number of carboxylic acids is 1. The van der Waals surface area contributed by atoms with E-state index in [0.717, 1.165) is 16.5 Å². The summed E-state index contributed by atoms with van der Waals surface area (Å²) >= 11 is 0. The van der Waals surface area contributed by atoms with E-state index >= 15 is 0 Å². The molecular formula is C16H20N2O3. The first-order valence-corrected chi connectivity index (χ1v) is 7.00. The van der Waals surface area contributed by atoms with E-state index in [4.69, 9.17) is 5.11 Å². The van der Waals surface area contributed by atoms with Crippen LogP contribution in [0.1, 0.15) is 36.3 Å². The van der Waals surface area contributed by atoms with E-state index < -0.39 is 17.9 Å². The maximum absolute atomic E-state index is 12.2. The van der Waals surface area contributed by atoms with Crippen LogP contribution in [0.5, 0.6) is 0 Å². The van der Waals surface area contributed by atoms with Gasteiger partial charge in [-0.15, -0.1) is 0 Å². The summed E-state index contributed by atoms with van der Waals surface area (Å²) in [6.45, 7) is 5.82. The largest absolute Gasteiger partial charge is 0.480 e. The third kappa shape index (κ3) is 3.62. The van der Waals surface area contributed by atoms with Crippen LogP contribution in [0.25, 0.3) is 10.9 Å². The summed E-state index contributed by atoms with van der Waals surface area (Å²) in [5.41, 5.74) is 2.35. The van der Waals surface area contributed by atoms with Crippen molar-refractivity contribution in [3.8, 4) is 0 Å². The zero-order valence-electron chi connectivity index (χ0n) is 12.4. The predicted octanol–water partition coefficient (Wildman–Crippen LogP) is 2.71. The summed E-state index contributed by atoms with van der Waals surface area (Å²) in [5, 5.41) is 12.7. The Bertz CT molecular complexity index is 673. The lowest BCUT2D eigenvalue weighted by atomic mass is 10.0. The summed E-state index contributed by atoms with van der Waals surface area (Å²) in [6, 6.07) is 6.72. The van der Waals surface area contributed by atoms with Crippen molar-refractivity contribution in [2.24, 2.45) is 5.92 Å². The molecule has 0 saturated carbocycles. The van der Waals surface area contributed by atoms with Crippen LogP contribution in [0, 0.1) is 12.8 Å². The molecule has 0 radical (unpaired) electrons. The van der Waals surface area contributed by atoms with Gasteiger partial charge in [-0.2, -0.15) is 0 Å². The molecule has 0 unspecified atom stereocenters. The van der Waals surface area contributed by atoms with Gasteiger partial charge < -0.3 is 15.4 Å². The van der Waals surface area contributed by atoms with E-state index in [1.165, 1.54) is 0 Å². The Morgan fingerprint density at radius 3 is 2.62 bits per heavy atom. The van der Waals surface area contributed by atoms with Crippen LogP contribution >= 0.6 is 0 Å². The summed E-state index contributed by atoms with van der Waals surface area (Å²) in [4.78, 5) is 26.4. The number of aromatic amines is 1. The first kappa shape index (κ1) is 15.1. The number of hydrogen-bond acceptors (Lipinski definition) is 2. The fourth-order valence-corrected chi connectivity index (χ4v) is 2.29. The van der Waals surface area contributed by atoms with Crippen LogP contribution < -0.4 is 5.32 Å². The molecule has 1 amide bonds. The molecule has 0 saturated heterocycles. The van der Waals surface area contributed by atoms with Gasteiger partial charge in [0, 0.05) is 10.9 Å². The highest BCUT2D eigenvalue weighted by molar-refractivity contribution is 5.99. The number of aryl methyl sites for hydroxylation is 1. The lowest BCUT2D eigenvalue weighted by molar-refractivity contribution is -0.139. The number of carboxylic acid groups (broad SMARTS) is 1. The molecular weight excluding hydrogens is 268 g/mol. The van der Waals surface area contributed by atoms with Crippen molar-refractivity contribution < 1.29 is 14.7 Å². The van der Waals surface area contributed by atoms with Crippen molar-refractivity contribution >= 4 is 22.8 Å². The number of aliphatic carboxylic acids is 1. The molecule has 0 aliphatic heterocycles. The molecule has 5 nitrogen and oxygen atoms in total. The summed E-state index contributed by atoms with van der Waals surface area (Å²) < 4.78 is 0. The fraction of sp³-hybridized carbons (Fsp3) is 0.375. The van der Waals surface area contributed by atoms with Crippen molar-refractivity contribution in [2.45, 2.75) is 33.2 Å². The smallest absolute Gasteiger partial charge is 0.326 e. The van der Waals surface area contributed by atoms with E-state index in [1.54, 1.807) is 6.07 Å². The van der Waals surface area contributed by atoms with E-state index in [9.17, 15) is 9.59 Å². The molecule has 0 aliphatic rings. The average Bonchev–Trinajstić information content (AvgIpc) is 2.80. The van der Waals surface area contributed by atoms with Gasteiger partial charge in [-0.25, -0.2) is 4.79 Å². The monoisotopic (exact) mass is 288 g/mol. The van der Waals surface area contributed by atoms with Crippen molar-refractivity contribution in [1.82, 2.24) is 10.3 Å². The van der Waals surface area contributed by atoms with Gasteiger partial charge in [0.15, 0.2) is 0 Å². The molecule has 3 N–H and O–H groups in total. The van der Waals surface area contributed by atoms with Crippen LogP contribution in [-0.4, -0.2) is 28.0 Å². The topological polar surface area (TPSA) is 82.2 Å². The van der Waals surface area contributed by atoms with Gasteiger partial charge in [-0.1, -0.05) is 26.0 Å².